The second kappa shape index (κ2) is 11.2. The second-order valence-electron chi connectivity index (χ2n) is 13.2. The van der Waals surface area contributed by atoms with Gasteiger partial charge in [-0.15, -0.1) is 0 Å². The quantitative estimate of drug-likeness (QED) is 0.180. The van der Waals surface area contributed by atoms with Crippen LogP contribution in [0.1, 0.15) is 57.7 Å². The maximum Gasteiger partial charge on any atom is 0.250 e. The van der Waals surface area contributed by atoms with Gasteiger partial charge in [0.25, 0.3) is 0 Å². The standard InChI is InChI=1S/C16H21NO2Si.C16H23NOSi/c1-16(2,3)20(4,5)19-14-8-9-15-12(10-14)6-7-13(11-18)17-15;1-12-7-8-13-11-14(9-10-15(13)17-12)18-19(5,6)16(2,3)4/h6-11H,1-5H3;7-11H,1-6H3. The molecular formula is C32H44N2O3Si2. The van der Waals surface area contributed by atoms with Crippen molar-refractivity contribution in [3.05, 3.63) is 72.1 Å². The van der Waals surface area contributed by atoms with Crippen LogP contribution >= 0.6 is 0 Å². The molecule has 2 aromatic heterocycles. The minimum atomic E-state index is -1.83. The number of rotatable bonds is 5. The van der Waals surface area contributed by atoms with Crippen LogP contribution < -0.4 is 8.85 Å². The molecule has 0 unspecified atom stereocenters. The van der Waals surface area contributed by atoms with Crippen molar-refractivity contribution < 1.29 is 13.6 Å². The van der Waals surface area contributed by atoms with E-state index in [1.54, 1.807) is 6.07 Å². The first-order valence-corrected chi connectivity index (χ1v) is 19.3. The Kier molecular flexibility index (Phi) is 8.77. The number of hydrogen-bond donors (Lipinski definition) is 0. The first-order chi connectivity index (χ1) is 17.9. The van der Waals surface area contributed by atoms with Crippen molar-refractivity contribution >= 4 is 44.7 Å². The van der Waals surface area contributed by atoms with E-state index < -0.39 is 16.6 Å². The average molecular weight is 561 g/mol. The summed E-state index contributed by atoms with van der Waals surface area (Å²) in [4.78, 5) is 19.5. The molecule has 0 saturated heterocycles. The lowest BCUT2D eigenvalue weighted by Crippen LogP contribution is -2.43. The molecule has 0 radical (unpaired) electrons. The van der Waals surface area contributed by atoms with Gasteiger partial charge in [-0.1, -0.05) is 53.7 Å². The molecule has 0 saturated carbocycles. The predicted molar refractivity (Wildman–Crippen MR) is 169 cm³/mol. The van der Waals surface area contributed by atoms with Gasteiger partial charge in [0.15, 0.2) is 6.29 Å². The van der Waals surface area contributed by atoms with E-state index in [1.807, 2.05) is 49.4 Å². The average Bonchev–Trinajstić information content (AvgIpc) is 2.82. The molecule has 2 heterocycles. The number of aldehydes is 1. The molecule has 0 amide bonds. The van der Waals surface area contributed by atoms with Gasteiger partial charge in [-0.05, 0) is 91.7 Å². The fraction of sp³-hybridized carbons (Fsp3) is 0.406. The molecule has 39 heavy (non-hydrogen) atoms. The summed E-state index contributed by atoms with van der Waals surface area (Å²) in [6.07, 6.45) is 0.763. The molecule has 0 aliphatic rings. The third-order valence-electron chi connectivity index (χ3n) is 7.96. The van der Waals surface area contributed by atoms with Crippen molar-refractivity contribution in [3.63, 3.8) is 0 Å². The molecule has 4 rings (SSSR count). The van der Waals surface area contributed by atoms with Gasteiger partial charge in [-0.25, -0.2) is 4.98 Å². The minimum absolute atomic E-state index is 0.168. The smallest absolute Gasteiger partial charge is 0.250 e. The number of carbonyl (C=O) groups is 1. The minimum Gasteiger partial charge on any atom is -0.543 e. The van der Waals surface area contributed by atoms with Gasteiger partial charge in [-0.3, -0.25) is 9.78 Å². The summed E-state index contributed by atoms with van der Waals surface area (Å²) in [5.74, 6) is 1.84. The topological polar surface area (TPSA) is 61.3 Å². The summed E-state index contributed by atoms with van der Waals surface area (Å²) in [6.45, 7) is 24.4. The van der Waals surface area contributed by atoms with Crippen molar-refractivity contribution in [1.82, 2.24) is 9.97 Å². The molecule has 208 valence electrons. The van der Waals surface area contributed by atoms with Crippen LogP contribution in [0.5, 0.6) is 11.5 Å². The molecule has 0 aliphatic heterocycles. The Morgan fingerprint density at radius 2 is 1.08 bits per heavy atom. The molecule has 4 aromatic rings. The normalized spacial score (nSPS) is 12.6. The maximum atomic E-state index is 10.7. The molecule has 0 bridgehead atoms. The summed E-state index contributed by atoms with van der Waals surface area (Å²) >= 11 is 0. The van der Waals surface area contributed by atoms with Crippen molar-refractivity contribution in [1.29, 1.82) is 0 Å². The summed E-state index contributed by atoms with van der Waals surface area (Å²) in [7, 11) is -3.59. The molecule has 5 nitrogen and oxygen atoms in total. The van der Waals surface area contributed by atoms with E-state index in [1.165, 1.54) is 0 Å². The Labute approximate surface area is 236 Å². The van der Waals surface area contributed by atoms with Gasteiger partial charge in [0, 0.05) is 16.5 Å². The number of nitrogens with zero attached hydrogens (tertiary/aromatic N) is 2. The molecule has 7 heteroatoms. The molecule has 2 aromatic carbocycles. The predicted octanol–water partition coefficient (Wildman–Crippen LogP) is 9.36. The van der Waals surface area contributed by atoms with E-state index in [0.29, 0.717) is 5.69 Å². The van der Waals surface area contributed by atoms with E-state index in [4.69, 9.17) is 8.85 Å². The van der Waals surface area contributed by atoms with Gasteiger partial charge in [0.2, 0.25) is 16.6 Å². The van der Waals surface area contributed by atoms with Gasteiger partial charge < -0.3 is 8.85 Å². The Hall–Kier alpha value is -3.04. The monoisotopic (exact) mass is 560 g/mol. The summed E-state index contributed by atoms with van der Waals surface area (Å²) in [5.41, 5.74) is 3.35. The molecule has 0 spiro atoms. The largest absolute Gasteiger partial charge is 0.543 e. The SMILES string of the molecule is CC(C)(C)[Si](C)(C)Oc1ccc2nc(C=O)ccc2c1.Cc1ccc2cc(O[Si](C)(C)C(C)(C)C)ccc2n1. The van der Waals surface area contributed by atoms with E-state index >= 15 is 0 Å². The van der Waals surface area contributed by atoms with Crippen molar-refractivity contribution in [2.45, 2.75) is 84.7 Å². The lowest BCUT2D eigenvalue weighted by molar-refractivity contribution is 0.111. The molecule has 0 N–H and O–H groups in total. The summed E-state index contributed by atoms with van der Waals surface area (Å²) < 4.78 is 12.6. The number of benzene rings is 2. The van der Waals surface area contributed by atoms with Crippen LogP contribution in [0, 0.1) is 6.92 Å². The lowest BCUT2D eigenvalue weighted by Gasteiger charge is -2.36. The number of pyridine rings is 2. The van der Waals surface area contributed by atoms with Crippen molar-refractivity contribution in [2.75, 3.05) is 0 Å². The number of hydrogen-bond acceptors (Lipinski definition) is 5. The Bertz CT molecular complexity index is 1470. The van der Waals surface area contributed by atoms with Gasteiger partial charge >= 0.3 is 0 Å². The second-order valence-corrected chi connectivity index (χ2v) is 22.7. The lowest BCUT2D eigenvalue weighted by atomic mass is 10.2. The van der Waals surface area contributed by atoms with Gasteiger partial charge in [0.1, 0.15) is 17.2 Å². The summed E-state index contributed by atoms with van der Waals surface area (Å²) in [5, 5.41) is 2.52. The highest BCUT2D eigenvalue weighted by Gasteiger charge is 2.39. The van der Waals surface area contributed by atoms with Crippen LogP contribution in [0.2, 0.25) is 36.3 Å². The number of aryl methyl sites for hydroxylation is 1. The van der Waals surface area contributed by atoms with Gasteiger partial charge in [0.05, 0.1) is 11.0 Å². The van der Waals surface area contributed by atoms with E-state index in [0.717, 1.165) is 45.3 Å². The Balaban J connectivity index is 0.000000216. The van der Waals surface area contributed by atoms with Crippen LogP contribution in [0.3, 0.4) is 0 Å². The van der Waals surface area contributed by atoms with Crippen molar-refractivity contribution in [2.24, 2.45) is 0 Å². The fourth-order valence-corrected chi connectivity index (χ4v) is 5.46. The molecular weight excluding hydrogens is 517 g/mol. The fourth-order valence-electron chi connectivity index (χ4n) is 3.41. The molecule has 0 atom stereocenters. The molecule has 0 aliphatic carbocycles. The third kappa shape index (κ3) is 7.54. The van der Waals surface area contributed by atoms with Crippen molar-refractivity contribution in [3.8, 4) is 11.5 Å². The van der Waals surface area contributed by atoms with Crippen LogP contribution in [0.25, 0.3) is 21.8 Å². The maximum absolute atomic E-state index is 10.7. The first-order valence-electron chi connectivity index (χ1n) is 13.5. The highest BCUT2D eigenvalue weighted by molar-refractivity contribution is 6.75. The van der Waals surface area contributed by atoms with E-state index in [-0.39, 0.29) is 10.1 Å². The number of aromatic nitrogens is 2. The van der Waals surface area contributed by atoms with E-state index in [9.17, 15) is 4.79 Å². The zero-order chi connectivity index (χ0) is 29.2. The third-order valence-corrected chi connectivity index (χ3v) is 16.7. The van der Waals surface area contributed by atoms with Crippen LogP contribution in [0.4, 0.5) is 0 Å². The highest BCUT2D eigenvalue weighted by Crippen LogP contribution is 2.39. The first kappa shape index (κ1) is 30.5. The van der Waals surface area contributed by atoms with Gasteiger partial charge in [-0.2, -0.15) is 0 Å². The number of carbonyl (C=O) groups excluding carboxylic acids is 1. The van der Waals surface area contributed by atoms with Crippen LogP contribution in [-0.4, -0.2) is 32.9 Å². The summed E-state index contributed by atoms with van der Waals surface area (Å²) in [6, 6.07) is 19.8. The highest BCUT2D eigenvalue weighted by atomic mass is 28.4. The Morgan fingerprint density at radius 1 is 0.641 bits per heavy atom. The zero-order valence-electron chi connectivity index (χ0n) is 25.5. The number of fused-ring (bicyclic) bond motifs is 2. The van der Waals surface area contributed by atoms with Crippen LogP contribution in [-0.2, 0) is 0 Å². The van der Waals surface area contributed by atoms with E-state index in [2.05, 4.69) is 89.8 Å². The van der Waals surface area contributed by atoms with Crippen LogP contribution in [0.15, 0.2) is 60.7 Å². The Morgan fingerprint density at radius 3 is 1.51 bits per heavy atom. The molecule has 0 fully saturated rings. The zero-order valence-corrected chi connectivity index (χ0v) is 27.5.